The predicted molar refractivity (Wildman–Crippen MR) is 48.4 cm³/mol. The van der Waals surface area contributed by atoms with E-state index >= 15 is 0 Å². The molecule has 0 aromatic carbocycles. The molecule has 1 aliphatic heterocycles. The van der Waals surface area contributed by atoms with Crippen LogP contribution >= 0.6 is 11.6 Å². The highest BCUT2D eigenvalue weighted by Crippen LogP contribution is 2.14. The van der Waals surface area contributed by atoms with Gasteiger partial charge < -0.3 is 4.90 Å². The Bertz CT molecular complexity index is 256. The quantitative estimate of drug-likeness (QED) is 0.650. The fraction of sp³-hybridized carbons (Fsp3) is 0.500. The number of nitrogens with zero attached hydrogens (tertiary/aromatic N) is 3. The first-order valence-corrected chi connectivity index (χ1v) is 4.55. The highest BCUT2D eigenvalue weighted by atomic mass is 35.5. The van der Waals surface area contributed by atoms with Gasteiger partial charge in [0.25, 0.3) is 0 Å². The Hall–Kier alpha value is -0.830. The summed E-state index contributed by atoms with van der Waals surface area (Å²) in [6, 6.07) is 0. The molecule has 1 saturated heterocycles. The first kappa shape index (κ1) is 7.80. The zero-order chi connectivity index (χ0) is 8.39. The van der Waals surface area contributed by atoms with Crippen molar-refractivity contribution in [3.05, 3.63) is 18.0 Å². The summed E-state index contributed by atoms with van der Waals surface area (Å²) in [6.07, 6.45) is 4.82. The van der Waals surface area contributed by atoms with Crippen LogP contribution in [0.4, 0.5) is 5.95 Å². The van der Waals surface area contributed by atoms with Gasteiger partial charge in [-0.3, -0.25) is 0 Å². The van der Waals surface area contributed by atoms with E-state index in [1.165, 1.54) is 6.42 Å². The zero-order valence-corrected chi connectivity index (χ0v) is 7.46. The Morgan fingerprint density at radius 3 is 2.42 bits per heavy atom. The van der Waals surface area contributed by atoms with Crippen molar-refractivity contribution in [1.82, 2.24) is 9.97 Å². The highest BCUT2D eigenvalue weighted by Gasteiger charge is 2.16. The molecule has 0 spiro atoms. The molecule has 0 unspecified atom stereocenters. The SMILES string of the molecule is ClCc1cnc(N2CCC2)nc1. The lowest BCUT2D eigenvalue weighted by Gasteiger charge is -2.30. The molecule has 4 heteroatoms. The molecule has 0 saturated carbocycles. The van der Waals surface area contributed by atoms with Crippen molar-refractivity contribution in [2.75, 3.05) is 18.0 Å². The summed E-state index contributed by atoms with van der Waals surface area (Å²) in [6.45, 7) is 2.17. The van der Waals surface area contributed by atoms with Gasteiger partial charge in [-0.2, -0.15) is 0 Å². The van der Waals surface area contributed by atoms with Crippen molar-refractivity contribution in [2.24, 2.45) is 0 Å². The lowest BCUT2D eigenvalue weighted by molar-refractivity contribution is 0.600. The third-order valence-corrected chi connectivity index (χ3v) is 2.29. The fourth-order valence-corrected chi connectivity index (χ4v) is 1.23. The van der Waals surface area contributed by atoms with Gasteiger partial charge in [0.1, 0.15) is 0 Å². The van der Waals surface area contributed by atoms with Gasteiger partial charge in [0.2, 0.25) is 5.95 Å². The maximum absolute atomic E-state index is 5.61. The summed E-state index contributed by atoms with van der Waals surface area (Å²) in [4.78, 5) is 10.6. The molecule has 0 N–H and O–H groups in total. The van der Waals surface area contributed by atoms with E-state index < -0.39 is 0 Å². The van der Waals surface area contributed by atoms with Gasteiger partial charge in [0.15, 0.2) is 0 Å². The van der Waals surface area contributed by atoms with Gasteiger partial charge in [-0.15, -0.1) is 11.6 Å². The number of alkyl halides is 1. The van der Waals surface area contributed by atoms with Crippen molar-refractivity contribution >= 4 is 17.5 Å². The zero-order valence-electron chi connectivity index (χ0n) is 6.70. The van der Waals surface area contributed by atoms with Gasteiger partial charge in [-0.25, -0.2) is 9.97 Å². The van der Waals surface area contributed by atoms with Gasteiger partial charge in [-0.05, 0) is 6.42 Å². The topological polar surface area (TPSA) is 29.0 Å². The monoisotopic (exact) mass is 183 g/mol. The van der Waals surface area contributed by atoms with E-state index in [2.05, 4.69) is 14.9 Å². The van der Waals surface area contributed by atoms with Crippen molar-refractivity contribution in [3.63, 3.8) is 0 Å². The molecular weight excluding hydrogens is 174 g/mol. The van der Waals surface area contributed by atoms with Crippen LogP contribution < -0.4 is 4.90 Å². The number of hydrogen-bond donors (Lipinski definition) is 0. The fourth-order valence-electron chi connectivity index (χ4n) is 1.10. The van der Waals surface area contributed by atoms with Crippen molar-refractivity contribution < 1.29 is 0 Å². The van der Waals surface area contributed by atoms with E-state index in [9.17, 15) is 0 Å². The number of aromatic nitrogens is 2. The van der Waals surface area contributed by atoms with Crippen LogP contribution in [0.25, 0.3) is 0 Å². The molecule has 2 heterocycles. The van der Waals surface area contributed by atoms with Crippen molar-refractivity contribution in [2.45, 2.75) is 12.3 Å². The van der Waals surface area contributed by atoms with Crippen LogP contribution in [0.1, 0.15) is 12.0 Å². The minimum absolute atomic E-state index is 0.486. The molecular formula is C8H10ClN3. The Kier molecular flexibility index (Phi) is 2.13. The maximum Gasteiger partial charge on any atom is 0.225 e. The molecule has 1 fully saturated rings. The Morgan fingerprint density at radius 1 is 1.33 bits per heavy atom. The second-order valence-corrected chi connectivity index (χ2v) is 3.13. The standard InChI is InChI=1S/C8H10ClN3/c9-4-7-5-10-8(11-6-7)12-2-1-3-12/h5-6H,1-4H2. The number of rotatable bonds is 2. The molecule has 64 valence electrons. The van der Waals surface area contributed by atoms with Crippen LogP contribution in [0, 0.1) is 0 Å². The third kappa shape index (κ3) is 1.37. The van der Waals surface area contributed by atoms with E-state index in [0.717, 1.165) is 24.6 Å². The van der Waals surface area contributed by atoms with Gasteiger partial charge in [-0.1, -0.05) is 0 Å². The third-order valence-electron chi connectivity index (χ3n) is 1.98. The first-order chi connectivity index (χ1) is 5.90. The molecule has 0 amide bonds. The summed E-state index contributed by atoms with van der Waals surface area (Å²) in [5.74, 6) is 1.32. The first-order valence-electron chi connectivity index (χ1n) is 4.02. The molecule has 0 bridgehead atoms. The predicted octanol–water partition coefficient (Wildman–Crippen LogP) is 1.43. The molecule has 1 aromatic rings. The maximum atomic E-state index is 5.61. The summed E-state index contributed by atoms with van der Waals surface area (Å²) in [5.41, 5.74) is 0.973. The number of halogens is 1. The second kappa shape index (κ2) is 3.27. The van der Waals surface area contributed by atoms with Crippen LogP contribution in [-0.2, 0) is 5.88 Å². The van der Waals surface area contributed by atoms with Crippen molar-refractivity contribution in [1.29, 1.82) is 0 Å². The van der Waals surface area contributed by atoms with E-state index in [4.69, 9.17) is 11.6 Å². The molecule has 0 atom stereocenters. The van der Waals surface area contributed by atoms with Crippen LogP contribution in [-0.4, -0.2) is 23.1 Å². The number of hydrogen-bond acceptors (Lipinski definition) is 3. The van der Waals surface area contributed by atoms with E-state index in [0.29, 0.717) is 5.88 Å². The van der Waals surface area contributed by atoms with E-state index in [-0.39, 0.29) is 0 Å². The minimum Gasteiger partial charge on any atom is -0.341 e. The molecule has 1 aliphatic rings. The van der Waals surface area contributed by atoms with Crippen LogP contribution in [0.2, 0.25) is 0 Å². The smallest absolute Gasteiger partial charge is 0.225 e. The molecule has 0 radical (unpaired) electrons. The molecule has 3 nitrogen and oxygen atoms in total. The average molecular weight is 184 g/mol. The second-order valence-electron chi connectivity index (χ2n) is 2.87. The Morgan fingerprint density at radius 2 is 2.00 bits per heavy atom. The van der Waals surface area contributed by atoms with Gasteiger partial charge in [0.05, 0.1) is 5.88 Å². The molecule has 1 aromatic heterocycles. The van der Waals surface area contributed by atoms with Crippen LogP contribution in [0.5, 0.6) is 0 Å². The summed E-state index contributed by atoms with van der Waals surface area (Å²) >= 11 is 5.61. The highest BCUT2D eigenvalue weighted by molar-refractivity contribution is 6.17. The molecule has 12 heavy (non-hydrogen) atoms. The van der Waals surface area contributed by atoms with E-state index in [1.807, 2.05) is 0 Å². The van der Waals surface area contributed by atoms with Crippen LogP contribution in [0.3, 0.4) is 0 Å². The van der Waals surface area contributed by atoms with E-state index in [1.54, 1.807) is 12.4 Å². The summed E-state index contributed by atoms with van der Waals surface area (Å²) in [7, 11) is 0. The van der Waals surface area contributed by atoms with Gasteiger partial charge in [0, 0.05) is 31.0 Å². The van der Waals surface area contributed by atoms with Gasteiger partial charge >= 0.3 is 0 Å². The average Bonchev–Trinajstić information content (AvgIpc) is 2.03. The molecule has 0 aliphatic carbocycles. The van der Waals surface area contributed by atoms with Crippen molar-refractivity contribution in [3.8, 4) is 0 Å². The summed E-state index contributed by atoms with van der Waals surface area (Å²) in [5, 5.41) is 0. The summed E-state index contributed by atoms with van der Waals surface area (Å²) < 4.78 is 0. The van der Waals surface area contributed by atoms with Crippen LogP contribution in [0.15, 0.2) is 12.4 Å². The lowest BCUT2D eigenvalue weighted by Crippen LogP contribution is -2.38. The molecule has 2 rings (SSSR count). The normalized spacial score (nSPS) is 15.9. The Balaban J connectivity index is 2.13. The Labute approximate surface area is 76.4 Å². The minimum atomic E-state index is 0.486. The largest absolute Gasteiger partial charge is 0.341 e. The number of anilines is 1. The lowest BCUT2D eigenvalue weighted by atomic mass is 10.2.